The van der Waals surface area contributed by atoms with Crippen molar-refractivity contribution in [2.75, 3.05) is 13.2 Å². The highest BCUT2D eigenvalue weighted by Gasteiger charge is 2.38. The topological polar surface area (TPSA) is 163 Å². The standard InChI is InChI=1S/C27H33N3O8/c1-3-36-22(31)16-20(26(34)37-4-2)23(24(28)32)30-25(33)21(15-18-11-7-5-8-12-18)29-27(35)38-17-19-13-9-6-10-14-19/h5-14,20-21,23H,3-4,15-17H2,1-2H3,(H2,28,32)(H,29,35)(H,30,33)/t20-,21-,23-/m1/s1. The van der Waals surface area contributed by atoms with Gasteiger partial charge in [-0.3, -0.25) is 19.2 Å². The van der Waals surface area contributed by atoms with Crippen molar-refractivity contribution in [2.45, 2.75) is 45.4 Å². The number of amides is 3. The number of carbonyl (C=O) groups is 5. The second kappa shape index (κ2) is 15.6. The lowest BCUT2D eigenvalue weighted by molar-refractivity contribution is -0.157. The Morgan fingerprint density at radius 1 is 0.789 bits per heavy atom. The van der Waals surface area contributed by atoms with Gasteiger partial charge in [-0.2, -0.15) is 0 Å². The van der Waals surface area contributed by atoms with E-state index in [1.54, 1.807) is 68.4 Å². The molecule has 204 valence electrons. The van der Waals surface area contributed by atoms with Crippen molar-refractivity contribution in [3.8, 4) is 0 Å². The summed E-state index contributed by atoms with van der Waals surface area (Å²) >= 11 is 0. The molecule has 0 saturated carbocycles. The lowest BCUT2D eigenvalue weighted by Crippen LogP contribution is -2.57. The van der Waals surface area contributed by atoms with Crippen LogP contribution in [0.15, 0.2) is 60.7 Å². The number of nitrogens with two attached hydrogens (primary N) is 1. The van der Waals surface area contributed by atoms with Gasteiger partial charge in [0.25, 0.3) is 0 Å². The molecule has 0 fully saturated rings. The molecule has 0 unspecified atom stereocenters. The van der Waals surface area contributed by atoms with Gasteiger partial charge in [0.2, 0.25) is 11.8 Å². The predicted octanol–water partition coefficient (Wildman–Crippen LogP) is 1.63. The van der Waals surface area contributed by atoms with E-state index in [1.165, 1.54) is 0 Å². The van der Waals surface area contributed by atoms with Gasteiger partial charge in [0.15, 0.2) is 0 Å². The molecule has 4 N–H and O–H groups in total. The minimum absolute atomic E-state index is 0.0248. The average molecular weight is 528 g/mol. The molecule has 0 aliphatic rings. The second-order valence-electron chi connectivity index (χ2n) is 8.20. The number of ether oxygens (including phenoxy) is 3. The van der Waals surface area contributed by atoms with E-state index in [1.807, 2.05) is 6.07 Å². The number of hydrogen-bond donors (Lipinski definition) is 3. The molecule has 0 spiro atoms. The zero-order valence-corrected chi connectivity index (χ0v) is 21.4. The van der Waals surface area contributed by atoms with Gasteiger partial charge in [-0.05, 0) is 25.0 Å². The molecule has 0 radical (unpaired) electrons. The summed E-state index contributed by atoms with van der Waals surface area (Å²) in [5, 5.41) is 4.91. The zero-order chi connectivity index (χ0) is 27.9. The number of carbonyl (C=O) groups excluding carboxylic acids is 5. The van der Waals surface area contributed by atoms with Crippen LogP contribution in [-0.4, -0.2) is 55.1 Å². The summed E-state index contributed by atoms with van der Waals surface area (Å²) in [4.78, 5) is 62.9. The molecule has 3 atom stereocenters. The zero-order valence-electron chi connectivity index (χ0n) is 21.4. The molecular weight excluding hydrogens is 494 g/mol. The van der Waals surface area contributed by atoms with Crippen LogP contribution >= 0.6 is 0 Å². The van der Waals surface area contributed by atoms with Gasteiger partial charge in [0, 0.05) is 6.42 Å². The fourth-order valence-electron chi connectivity index (χ4n) is 3.58. The molecule has 11 nitrogen and oxygen atoms in total. The van der Waals surface area contributed by atoms with Crippen LogP contribution < -0.4 is 16.4 Å². The smallest absolute Gasteiger partial charge is 0.408 e. The van der Waals surface area contributed by atoms with Crippen LogP contribution in [0.2, 0.25) is 0 Å². The van der Waals surface area contributed by atoms with Crippen molar-refractivity contribution < 1.29 is 38.2 Å². The minimum Gasteiger partial charge on any atom is -0.466 e. The number of nitrogens with one attached hydrogen (secondary N) is 2. The molecule has 0 heterocycles. The molecule has 0 aliphatic carbocycles. The molecule has 11 heteroatoms. The average Bonchev–Trinajstić information content (AvgIpc) is 2.90. The van der Waals surface area contributed by atoms with Gasteiger partial charge in [0.1, 0.15) is 18.7 Å². The van der Waals surface area contributed by atoms with Crippen molar-refractivity contribution >= 4 is 29.8 Å². The van der Waals surface area contributed by atoms with E-state index in [0.29, 0.717) is 5.56 Å². The van der Waals surface area contributed by atoms with E-state index in [-0.39, 0.29) is 26.2 Å². The number of esters is 2. The highest BCUT2D eigenvalue weighted by atomic mass is 16.6. The molecule has 0 aromatic heterocycles. The van der Waals surface area contributed by atoms with E-state index < -0.39 is 54.3 Å². The Hall–Kier alpha value is -4.41. The maximum absolute atomic E-state index is 13.3. The summed E-state index contributed by atoms with van der Waals surface area (Å²) in [5.74, 6) is -4.98. The first-order chi connectivity index (χ1) is 18.2. The highest BCUT2D eigenvalue weighted by molar-refractivity contribution is 5.95. The number of benzene rings is 2. The molecule has 2 rings (SSSR count). The number of primary amides is 1. The summed E-state index contributed by atoms with van der Waals surface area (Å²) in [6.45, 7) is 3.14. The third kappa shape index (κ3) is 9.92. The Morgan fingerprint density at radius 3 is 1.92 bits per heavy atom. The fraction of sp³-hybridized carbons (Fsp3) is 0.370. The van der Waals surface area contributed by atoms with E-state index in [0.717, 1.165) is 5.56 Å². The summed E-state index contributed by atoms with van der Waals surface area (Å²) in [6.07, 6.45) is -1.37. The second-order valence-corrected chi connectivity index (χ2v) is 8.20. The number of rotatable bonds is 14. The van der Waals surface area contributed by atoms with Crippen LogP contribution in [0.4, 0.5) is 4.79 Å². The Bertz CT molecular complexity index is 1080. The first-order valence-electron chi connectivity index (χ1n) is 12.2. The lowest BCUT2D eigenvalue weighted by atomic mass is 9.94. The van der Waals surface area contributed by atoms with Gasteiger partial charge >= 0.3 is 18.0 Å². The molecule has 38 heavy (non-hydrogen) atoms. The predicted molar refractivity (Wildman–Crippen MR) is 136 cm³/mol. The van der Waals surface area contributed by atoms with Crippen molar-refractivity contribution in [3.05, 3.63) is 71.8 Å². The Balaban J connectivity index is 2.23. The maximum Gasteiger partial charge on any atom is 0.408 e. The van der Waals surface area contributed by atoms with Gasteiger partial charge < -0.3 is 30.6 Å². The maximum atomic E-state index is 13.3. The summed E-state index contributed by atoms with van der Waals surface area (Å²) < 4.78 is 15.1. The summed E-state index contributed by atoms with van der Waals surface area (Å²) in [5.41, 5.74) is 6.97. The van der Waals surface area contributed by atoms with Crippen LogP contribution in [-0.2, 0) is 46.4 Å². The Labute approximate surface area is 221 Å². The largest absolute Gasteiger partial charge is 0.466 e. The first-order valence-corrected chi connectivity index (χ1v) is 12.2. The quantitative estimate of drug-likeness (QED) is 0.246. The van der Waals surface area contributed by atoms with Gasteiger partial charge in [-0.1, -0.05) is 60.7 Å². The normalized spacial score (nSPS) is 12.8. The molecule has 2 aromatic rings. The van der Waals surface area contributed by atoms with Gasteiger partial charge in [0.05, 0.1) is 25.6 Å². The van der Waals surface area contributed by atoms with Crippen molar-refractivity contribution in [1.29, 1.82) is 0 Å². The molecule has 0 saturated heterocycles. The fourth-order valence-corrected chi connectivity index (χ4v) is 3.58. The minimum atomic E-state index is -1.61. The Morgan fingerprint density at radius 2 is 1.37 bits per heavy atom. The first kappa shape index (κ1) is 29.8. The highest BCUT2D eigenvalue weighted by Crippen LogP contribution is 2.15. The van der Waals surface area contributed by atoms with Crippen LogP contribution in [0.25, 0.3) is 0 Å². The molecule has 2 aromatic carbocycles. The van der Waals surface area contributed by atoms with E-state index in [2.05, 4.69) is 10.6 Å². The van der Waals surface area contributed by atoms with E-state index in [4.69, 9.17) is 19.9 Å². The van der Waals surface area contributed by atoms with Crippen LogP contribution in [0, 0.1) is 5.92 Å². The van der Waals surface area contributed by atoms with Gasteiger partial charge in [-0.15, -0.1) is 0 Å². The number of hydrogen-bond acceptors (Lipinski definition) is 8. The third-order valence-corrected chi connectivity index (χ3v) is 5.39. The van der Waals surface area contributed by atoms with Crippen LogP contribution in [0.5, 0.6) is 0 Å². The lowest BCUT2D eigenvalue weighted by Gasteiger charge is -2.26. The third-order valence-electron chi connectivity index (χ3n) is 5.39. The molecule has 0 bridgehead atoms. The molecular formula is C27H33N3O8. The van der Waals surface area contributed by atoms with Gasteiger partial charge in [-0.25, -0.2) is 4.79 Å². The van der Waals surface area contributed by atoms with E-state index >= 15 is 0 Å². The SMILES string of the molecule is CCOC(=O)C[C@@H](C(=O)OCC)[C@@H](NC(=O)[C@@H](Cc1ccccc1)NC(=O)OCc1ccccc1)C(N)=O. The number of alkyl carbamates (subject to hydrolysis) is 1. The monoisotopic (exact) mass is 527 g/mol. The summed E-state index contributed by atoms with van der Waals surface area (Å²) in [6, 6.07) is 15.0. The van der Waals surface area contributed by atoms with Crippen molar-refractivity contribution in [3.63, 3.8) is 0 Å². The van der Waals surface area contributed by atoms with Crippen molar-refractivity contribution in [1.82, 2.24) is 10.6 Å². The van der Waals surface area contributed by atoms with Crippen LogP contribution in [0.3, 0.4) is 0 Å². The van der Waals surface area contributed by atoms with E-state index in [9.17, 15) is 24.0 Å². The van der Waals surface area contributed by atoms with Crippen molar-refractivity contribution in [2.24, 2.45) is 11.7 Å². The molecule has 3 amide bonds. The Kier molecular flexibility index (Phi) is 12.3. The van der Waals surface area contributed by atoms with Crippen LogP contribution in [0.1, 0.15) is 31.4 Å². The molecule has 0 aliphatic heterocycles. The summed E-state index contributed by atoms with van der Waals surface area (Å²) in [7, 11) is 0.